The monoisotopic (exact) mass is 335 g/mol. The van der Waals surface area contributed by atoms with Crippen molar-refractivity contribution in [1.29, 1.82) is 0 Å². The van der Waals surface area contributed by atoms with Crippen LogP contribution < -0.4 is 21.2 Å². The zero-order valence-electron chi connectivity index (χ0n) is 8.05. The highest BCUT2D eigenvalue weighted by atomic mass is 127. The van der Waals surface area contributed by atoms with Crippen LogP contribution >= 0.6 is 0 Å². The Morgan fingerprint density at radius 1 is 0.750 bits per heavy atom. The van der Waals surface area contributed by atoms with Gasteiger partial charge in [0.2, 0.25) is 9.39 Å². The van der Waals surface area contributed by atoms with Gasteiger partial charge in [-0.2, -0.15) is 4.39 Å². The van der Waals surface area contributed by atoms with Crippen LogP contribution in [0.15, 0.2) is 42.5 Å². The van der Waals surface area contributed by atoms with Crippen molar-refractivity contribution in [2.45, 2.75) is 0 Å². The maximum absolute atomic E-state index is 13.4. The van der Waals surface area contributed by atoms with E-state index in [0.29, 0.717) is 0 Å². The molecule has 0 aromatic heterocycles. The van der Waals surface area contributed by atoms with Crippen molar-refractivity contribution in [2.75, 3.05) is 0 Å². The third kappa shape index (κ3) is 2.37. The molecule has 0 aliphatic carbocycles. The molecule has 0 saturated heterocycles. The first-order chi connectivity index (χ1) is 7.68. The lowest BCUT2D eigenvalue weighted by atomic mass is 10.3. The summed E-state index contributed by atoms with van der Waals surface area (Å²) >= 11 is -0.804. The van der Waals surface area contributed by atoms with E-state index in [1.807, 2.05) is 30.3 Å². The first kappa shape index (κ1) is 11.4. The van der Waals surface area contributed by atoms with Gasteiger partial charge in [-0.05, 0) is 24.3 Å². The van der Waals surface area contributed by atoms with Crippen LogP contribution in [0.5, 0.6) is 0 Å². The molecule has 0 aliphatic heterocycles. The van der Waals surface area contributed by atoms with Crippen molar-refractivity contribution >= 4 is 0 Å². The third-order valence-corrected chi connectivity index (χ3v) is 4.69. The van der Waals surface area contributed by atoms with Crippen LogP contribution in [0.1, 0.15) is 0 Å². The first-order valence-corrected chi connectivity index (χ1v) is 6.67. The summed E-state index contributed by atoms with van der Waals surface area (Å²) in [5.41, 5.74) is 0. The molecule has 0 amide bonds. The van der Waals surface area contributed by atoms with Crippen molar-refractivity contribution in [1.82, 2.24) is 0 Å². The third-order valence-electron chi connectivity index (χ3n) is 1.93. The summed E-state index contributed by atoms with van der Waals surface area (Å²) in [6.45, 7) is 0. The quantitative estimate of drug-likeness (QED) is 0.419. The summed E-state index contributed by atoms with van der Waals surface area (Å²) in [5.74, 6) is -3.58. The topological polar surface area (TPSA) is 0 Å². The van der Waals surface area contributed by atoms with E-state index < -0.39 is 38.7 Å². The first-order valence-electron chi connectivity index (χ1n) is 4.52. The van der Waals surface area contributed by atoms with Gasteiger partial charge >= 0.3 is 21.2 Å². The molecule has 0 fully saturated rings. The minimum Gasteiger partial charge on any atom is -0.204 e. The van der Waals surface area contributed by atoms with Gasteiger partial charge in [0.1, 0.15) is 0 Å². The largest absolute Gasteiger partial charge is 0.361 e. The van der Waals surface area contributed by atoms with Crippen molar-refractivity contribution in [3.05, 3.63) is 67.1 Å². The predicted octanol–water partition coefficient (Wildman–Crippen LogP) is 0.232. The highest BCUT2D eigenvalue weighted by Gasteiger charge is 2.24. The highest BCUT2D eigenvalue weighted by Crippen LogP contribution is 2.08. The van der Waals surface area contributed by atoms with E-state index in [4.69, 9.17) is 0 Å². The van der Waals surface area contributed by atoms with Crippen LogP contribution in [0.2, 0.25) is 0 Å². The van der Waals surface area contributed by atoms with Crippen molar-refractivity contribution < 1.29 is 34.4 Å². The Morgan fingerprint density at radius 3 is 2.12 bits per heavy atom. The lowest BCUT2D eigenvalue weighted by molar-refractivity contribution is -0.600. The number of benzene rings is 2. The Hall–Kier alpha value is -1.04. The molecule has 0 unspecified atom stereocenters. The number of halogens is 4. The van der Waals surface area contributed by atoms with E-state index in [0.717, 1.165) is 9.64 Å². The fourth-order valence-electron chi connectivity index (χ4n) is 1.17. The average molecular weight is 335 g/mol. The molecule has 2 rings (SSSR count). The maximum Gasteiger partial charge on any atom is 0.361 e. The molecule has 2 aromatic rings. The Bertz CT molecular complexity index is 497. The molecule has 0 saturated carbocycles. The SMILES string of the molecule is Fc1ccc([I+]c2ccccc2)c(F)c1F. The normalized spacial score (nSPS) is 10.4. The predicted molar refractivity (Wildman–Crippen MR) is 50.2 cm³/mol. The molecule has 0 bridgehead atoms. The summed E-state index contributed by atoms with van der Waals surface area (Å²) in [7, 11) is 0. The highest BCUT2D eigenvalue weighted by molar-refractivity contribution is 5.08. The molecule has 4 heteroatoms. The fourth-order valence-corrected chi connectivity index (χ4v) is 3.45. The molecule has 2 aromatic carbocycles. The van der Waals surface area contributed by atoms with Gasteiger partial charge in [0.25, 0.3) is 0 Å². The standard InChI is InChI=1S/C12H7F3I/c13-9-6-7-10(12(15)11(9)14)16-8-4-2-1-3-5-8/h1-7H/q+1. The zero-order chi connectivity index (χ0) is 11.5. The van der Waals surface area contributed by atoms with E-state index in [1.165, 1.54) is 6.07 Å². The number of hydrogen-bond donors (Lipinski definition) is 0. The minimum absolute atomic E-state index is 0.268. The van der Waals surface area contributed by atoms with Gasteiger partial charge in [0, 0.05) is 0 Å². The molecule has 0 nitrogen and oxygen atoms in total. The minimum atomic E-state index is -1.38. The lowest BCUT2D eigenvalue weighted by Gasteiger charge is -1.93. The fraction of sp³-hybridized carbons (Fsp3) is 0. The average Bonchev–Trinajstić information content (AvgIpc) is 2.31. The Kier molecular flexibility index (Phi) is 3.48. The number of hydrogen-bond acceptors (Lipinski definition) is 0. The molecule has 0 aliphatic rings. The van der Waals surface area contributed by atoms with E-state index in [1.54, 1.807) is 0 Å². The van der Waals surface area contributed by atoms with Crippen molar-refractivity contribution in [3.8, 4) is 0 Å². The van der Waals surface area contributed by atoms with Gasteiger partial charge in [-0.1, -0.05) is 18.2 Å². The molecule has 0 spiro atoms. The summed E-state index contributed by atoms with van der Waals surface area (Å²) in [4.78, 5) is 0. The molecule has 16 heavy (non-hydrogen) atoms. The molecular formula is C12H7F3I+. The van der Waals surface area contributed by atoms with Crippen LogP contribution in [0.3, 0.4) is 0 Å². The zero-order valence-corrected chi connectivity index (χ0v) is 10.2. The van der Waals surface area contributed by atoms with Crippen LogP contribution in [0.25, 0.3) is 0 Å². The smallest absolute Gasteiger partial charge is 0.204 e. The van der Waals surface area contributed by atoms with E-state index >= 15 is 0 Å². The second kappa shape index (κ2) is 4.86. The van der Waals surface area contributed by atoms with Crippen LogP contribution in [-0.4, -0.2) is 0 Å². The summed E-state index contributed by atoms with van der Waals surface area (Å²) in [6.07, 6.45) is 0. The number of rotatable bonds is 2. The van der Waals surface area contributed by atoms with E-state index in [2.05, 4.69) is 0 Å². The van der Waals surface area contributed by atoms with E-state index in [9.17, 15) is 13.2 Å². The molecule has 0 atom stereocenters. The van der Waals surface area contributed by atoms with Gasteiger partial charge in [0.15, 0.2) is 15.2 Å². The maximum atomic E-state index is 13.4. The molecular weight excluding hydrogens is 328 g/mol. The molecule has 0 heterocycles. The lowest BCUT2D eigenvalue weighted by Crippen LogP contribution is -3.61. The van der Waals surface area contributed by atoms with Crippen LogP contribution in [0, 0.1) is 24.6 Å². The Balaban J connectivity index is 2.33. The van der Waals surface area contributed by atoms with Gasteiger partial charge in [-0.3, -0.25) is 0 Å². The second-order valence-electron chi connectivity index (χ2n) is 3.05. The summed E-state index contributed by atoms with van der Waals surface area (Å²) in [6, 6.07) is 11.5. The second-order valence-corrected chi connectivity index (χ2v) is 5.99. The summed E-state index contributed by atoms with van der Waals surface area (Å²) < 4.78 is 40.2. The van der Waals surface area contributed by atoms with Gasteiger partial charge in [-0.25, -0.2) is 8.78 Å². The summed E-state index contributed by atoms with van der Waals surface area (Å²) in [5, 5.41) is 0. The van der Waals surface area contributed by atoms with Crippen LogP contribution in [-0.2, 0) is 0 Å². The van der Waals surface area contributed by atoms with E-state index in [-0.39, 0.29) is 3.57 Å². The van der Waals surface area contributed by atoms with Gasteiger partial charge < -0.3 is 0 Å². The van der Waals surface area contributed by atoms with Gasteiger partial charge in [0.05, 0.1) is 0 Å². The van der Waals surface area contributed by atoms with Gasteiger partial charge in [-0.15, -0.1) is 0 Å². The van der Waals surface area contributed by atoms with Crippen molar-refractivity contribution in [3.63, 3.8) is 0 Å². The Labute approximate surface area is 101 Å². The molecule has 82 valence electrons. The van der Waals surface area contributed by atoms with Crippen molar-refractivity contribution in [2.24, 2.45) is 0 Å². The molecule has 0 radical (unpaired) electrons. The van der Waals surface area contributed by atoms with Crippen LogP contribution in [0.4, 0.5) is 13.2 Å². The molecule has 0 N–H and O–H groups in total. The Morgan fingerprint density at radius 2 is 1.44 bits per heavy atom.